The summed E-state index contributed by atoms with van der Waals surface area (Å²) in [5.41, 5.74) is 3.02. The van der Waals surface area contributed by atoms with Gasteiger partial charge in [-0.05, 0) is 37.0 Å². The van der Waals surface area contributed by atoms with Crippen LogP contribution in [-0.4, -0.2) is 39.7 Å². The molecule has 2 heterocycles. The van der Waals surface area contributed by atoms with E-state index in [0.29, 0.717) is 26.1 Å². The van der Waals surface area contributed by atoms with Gasteiger partial charge in [0.2, 0.25) is 11.8 Å². The summed E-state index contributed by atoms with van der Waals surface area (Å²) in [4.78, 5) is 33.0. The van der Waals surface area contributed by atoms with Crippen molar-refractivity contribution in [1.82, 2.24) is 14.8 Å². The molecule has 1 fully saturated rings. The number of nitrogens with zero attached hydrogens (tertiary/aromatic N) is 3. The lowest BCUT2D eigenvalue weighted by atomic mass is 10.1. The molecule has 2 aromatic rings. The van der Waals surface area contributed by atoms with Gasteiger partial charge in [0.05, 0.1) is 18.8 Å². The lowest BCUT2D eigenvalue weighted by Crippen LogP contribution is -2.44. The van der Waals surface area contributed by atoms with E-state index in [2.05, 4.69) is 4.98 Å². The number of carbonyl (C=O) groups is 2. The number of likely N-dealkylation sites (tertiary alicyclic amines) is 1. The molecule has 1 aliphatic heterocycles. The second-order valence-corrected chi connectivity index (χ2v) is 6.77. The summed E-state index contributed by atoms with van der Waals surface area (Å²) in [6, 6.07) is 13.8. The largest absolute Gasteiger partial charge is 0.333 e. The topological polar surface area (TPSA) is 53.5 Å². The van der Waals surface area contributed by atoms with Crippen molar-refractivity contribution in [1.29, 1.82) is 0 Å². The SMILES string of the molecule is Cc1cccnc1CN(Cc1ccccc1)C(=O)CN1CCCCC1=O. The molecule has 26 heavy (non-hydrogen) atoms. The van der Waals surface area contributed by atoms with E-state index in [9.17, 15) is 9.59 Å². The third-order valence-corrected chi connectivity index (χ3v) is 4.77. The molecule has 5 heteroatoms. The van der Waals surface area contributed by atoms with Gasteiger partial charge in [0.15, 0.2) is 0 Å². The summed E-state index contributed by atoms with van der Waals surface area (Å²) in [5, 5.41) is 0. The Morgan fingerprint density at radius 3 is 2.65 bits per heavy atom. The minimum atomic E-state index is -0.0332. The second-order valence-electron chi connectivity index (χ2n) is 6.77. The van der Waals surface area contributed by atoms with Crippen LogP contribution in [0.3, 0.4) is 0 Å². The summed E-state index contributed by atoms with van der Waals surface area (Å²) in [6.45, 7) is 3.78. The number of piperidine rings is 1. The molecule has 1 aromatic carbocycles. The maximum absolute atomic E-state index is 13.0. The summed E-state index contributed by atoms with van der Waals surface area (Å²) >= 11 is 0. The molecule has 1 aromatic heterocycles. The van der Waals surface area contributed by atoms with Crippen molar-refractivity contribution < 1.29 is 9.59 Å². The average Bonchev–Trinajstić information content (AvgIpc) is 2.65. The van der Waals surface area contributed by atoms with Gasteiger partial charge in [0, 0.05) is 25.7 Å². The standard InChI is InChI=1S/C21H25N3O2/c1-17-8-7-12-22-19(17)15-24(14-18-9-3-2-4-10-18)21(26)16-23-13-6-5-11-20(23)25/h2-4,7-10,12H,5-6,11,13-16H2,1H3. The fraction of sp³-hybridized carbons (Fsp3) is 0.381. The van der Waals surface area contributed by atoms with Crippen LogP contribution in [0.15, 0.2) is 48.7 Å². The summed E-state index contributed by atoms with van der Waals surface area (Å²) in [6.07, 6.45) is 4.19. The van der Waals surface area contributed by atoms with Crippen molar-refractivity contribution in [3.8, 4) is 0 Å². The number of aryl methyl sites for hydroxylation is 1. The zero-order valence-corrected chi connectivity index (χ0v) is 15.2. The summed E-state index contributed by atoms with van der Waals surface area (Å²) < 4.78 is 0. The van der Waals surface area contributed by atoms with Crippen LogP contribution < -0.4 is 0 Å². The lowest BCUT2D eigenvalue weighted by Gasteiger charge is -2.30. The maximum atomic E-state index is 13.0. The summed E-state index contributed by atoms with van der Waals surface area (Å²) in [5.74, 6) is 0.0485. The van der Waals surface area contributed by atoms with Gasteiger partial charge in [-0.15, -0.1) is 0 Å². The van der Waals surface area contributed by atoms with E-state index < -0.39 is 0 Å². The highest BCUT2D eigenvalue weighted by atomic mass is 16.2. The van der Waals surface area contributed by atoms with Crippen LogP contribution in [0.2, 0.25) is 0 Å². The van der Waals surface area contributed by atoms with Crippen LogP contribution in [0.25, 0.3) is 0 Å². The molecule has 0 spiro atoms. The van der Waals surface area contributed by atoms with Crippen LogP contribution >= 0.6 is 0 Å². The van der Waals surface area contributed by atoms with Crippen LogP contribution in [0.5, 0.6) is 0 Å². The maximum Gasteiger partial charge on any atom is 0.242 e. The molecular formula is C21H25N3O2. The number of pyridine rings is 1. The predicted molar refractivity (Wildman–Crippen MR) is 100 cm³/mol. The van der Waals surface area contributed by atoms with Crippen molar-refractivity contribution in [3.63, 3.8) is 0 Å². The first-order valence-corrected chi connectivity index (χ1v) is 9.13. The molecule has 3 rings (SSSR count). The van der Waals surface area contributed by atoms with E-state index in [4.69, 9.17) is 0 Å². The Morgan fingerprint density at radius 1 is 1.12 bits per heavy atom. The molecule has 1 aliphatic rings. The van der Waals surface area contributed by atoms with Crippen LogP contribution in [0.1, 0.15) is 36.1 Å². The third-order valence-electron chi connectivity index (χ3n) is 4.77. The predicted octanol–water partition coefficient (Wildman–Crippen LogP) is 2.93. The number of hydrogen-bond acceptors (Lipinski definition) is 3. The highest BCUT2D eigenvalue weighted by molar-refractivity contribution is 5.85. The summed E-state index contributed by atoms with van der Waals surface area (Å²) in [7, 11) is 0. The molecule has 1 saturated heterocycles. The zero-order chi connectivity index (χ0) is 18.4. The monoisotopic (exact) mass is 351 g/mol. The highest BCUT2D eigenvalue weighted by Gasteiger charge is 2.24. The zero-order valence-electron chi connectivity index (χ0n) is 15.2. The Kier molecular flexibility index (Phi) is 6.00. The first-order chi connectivity index (χ1) is 12.6. The molecule has 0 saturated carbocycles. The lowest BCUT2D eigenvalue weighted by molar-refractivity contribution is -0.142. The first-order valence-electron chi connectivity index (χ1n) is 9.13. The number of hydrogen-bond donors (Lipinski definition) is 0. The quantitative estimate of drug-likeness (QED) is 0.804. The molecule has 5 nitrogen and oxygen atoms in total. The fourth-order valence-corrected chi connectivity index (χ4v) is 3.19. The minimum Gasteiger partial charge on any atom is -0.333 e. The molecular weight excluding hydrogens is 326 g/mol. The Morgan fingerprint density at radius 2 is 1.92 bits per heavy atom. The molecule has 0 bridgehead atoms. The van der Waals surface area contributed by atoms with Crippen molar-refractivity contribution >= 4 is 11.8 Å². The minimum absolute atomic E-state index is 0.0332. The van der Waals surface area contributed by atoms with E-state index >= 15 is 0 Å². The van der Waals surface area contributed by atoms with Crippen LogP contribution in [-0.2, 0) is 22.7 Å². The normalized spacial score (nSPS) is 14.3. The first kappa shape index (κ1) is 18.1. The number of rotatable bonds is 6. The Labute approximate surface area is 154 Å². The fourth-order valence-electron chi connectivity index (χ4n) is 3.19. The van der Waals surface area contributed by atoms with Gasteiger partial charge in [-0.2, -0.15) is 0 Å². The van der Waals surface area contributed by atoms with E-state index in [1.807, 2.05) is 49.4 Å². The van der Waals surface area contributed by atoms with E-state index in [1.165, 1.54) is 0 Å². The molecule has 2 amide bonds. The number of amides is 2. The Bertz CT molecular complexity index is 761. The molecule has 0 unspecified atom stereocenters. The molecule has 0 N–H and O–H groups in total. The smallest absolute Gasteiger partial charge is 0.242 e. The van der Waals surface area contributed by atoms with Crippen LogP contribution in [0.4, 0.5) is 0 Å². The Hall–Kier alpha value is -2.69. The van der Waals surface area contributed by atoms with E-state index in [-0.39, 0.29) is 18.4 Å². The van der Waals surface area contributed by atoms with Gasteiger partial charge in [-0.25, -0.2) is 0 Å². The van der Waals surface area contributed by atoms with Gasteiger partial charge in [-0.3, -0.25) is 14.6 Å². The second kappa shape index (κ2) is 8.61. The van der Waals surface area contributed by atoms with Gasteiger partial charge in [0.1, 0.15) is 0 Å². The van der Waals surface area contributed by atoms with Crippen molar-refractivity contribution in [2.45, 2.75) is 39.3 Å². The highest BCUT2D eigenvalue weighted by Crippen LogP contribution is 2.15. The van der Waals surface area contributed by atoms with Crippen molar-refractivity contribution in [3.05, 3.63) is 65.5 Å². The van der Waals surface area contributed by atoms with Crippen molar-refractivity contribution in [2.24, 2.45) is 0 Å². The van der Waals surface area contributed by atoms with Crippen LogP contribution in [0, 0.1) is 6.92 Å². The van der Waals surface area contributed by atoms with Gasteiger partial charge in [-0.1, -0.05) is 36.4 Å². The molecule has 136 valence electrons. The van der Waals surface area contributed by atoms with E-state index in [0.717, 1.165) is 29.7 Å². The molecule has 0 radical (unpaired) electrons. The number of benzene rings is 1. The van der Waals surface area contributed by atoms with Gasteiger partial charge >= 0.3 is 0 Å². The van der Waals surface area contributed by atoms with E-state index in [1.54, 1.807) is 16.0 Å². The molecule has 0 aliphatic carbocycles. The third kappa shape index (κ3) is 4.69. The Balaban J connectivity index is 1.76. The van der Waals surface area contributed by atoms with Crippen molar-refractivity contribution in [2.75, 3.05) is 13.1 Å². The number of aromatic nitrogens is 1. The number of carbonyl (C=O) groups excluding carboxylic acids is 2. The van der Waals surface area contributed by atoms with Gasteiger partial charge < -0.3 is 9.80 Å². The average molecular weight is 351 g/mol. The van der Waals surface area contributed by atoms with Gasteiger partial charge in [0.25, 0.3) is 0 Å². The molecule has 0 atom stereocenters.